The first-order chi connectivity index (χ1) is 14.4. The quantitative estimate of drug-likeness (QED) is 0.363. The van der Waals surface area contributed by atoms with Crippen molar-refractivity contribution < 1.29 is 28.5 Å². The van der Waals surface area contributed by atoms with Crippen LogP contribution in [-0.2, 0) is 9.53 Å². The number of aliphatic hydroxyl groups excluding tert-OH is 2. The van der Waals surface area contributed by atoms with E-state index < -0.39 is 43.4 Å². The normalized spacial score (nSPS) is 23.9. The highest BCUT2D eigenvalue weighted by molar-refractivity contribution is 5.84. The molecule has 15 heteroatoms. The van der Waals surface area contributed by atoms with Gasteiger partial charge < -0.3 is 25.6 Å². The highest BCUT2D eigenvalue weighted by Gasteiger charge is 2.47. The summed E-state index contributed by atoms with van der Waals surface area (Å²) < 4.78 is 33.4. The maximum absolute atomic E-state index is 12.7. The van der Waals surface area contributed by atoms with E-state index in [9.17, 15) is 23.8 Å². The molecule has 1 fully saturated rings. The molecule has 0 radical (unpaired) electrons. The average molecular weight is 425 g/mol. The Morgan fingerprint density at radius 1 is 1.33 bits per heavy atom. The molecule has 3 aromatic rings. The van der Waals surface area contributed by atoms with Crippen LogP contribution in [0.1, 0.15) is 6.23 Å². The van der Waals surface area contributed by atoms with Crippen LogP contribution < -0.4 is 10.6 Å². The van der Waals surface area contributed by atoms with Gasteiger partial charge in [0.2, 0.25) is 0 Å². The Morgan fingerprint density at radius 2 is 2.13 bits per heavy atom. The van der Waals surface area contributed by atoms with Crippen LogP contribution >= 0.6 is 0 Å². The van der Waals surface area contributed by atoms with Gasteiger partial charge in [-0.15, -0.1) is 5.10 Å². The zero-order valence-electron chi connectivity index (χ0n) is 15.4. The van der Waals surface area contributed by atoms with E-state index in [-0.39, 0.29) is 22.9 Å². The van der Waals surface area contributed by atoms with Gasteiger partial charge in [0.15, 0.2) is 29.3 Å². The van der Waals surface area contributed by atoms with Crippen LogP contribution in [-0.4, -0.2) is 89.0 Å². The fraction of sp³-hybridized carbons (Fsp3) is 0.467. The first kappa shape index (κ1) is 20.0. The lowest BCUT2D eigenvalue weighted by molar-refractivity contribution is -0.137. The van der Waals surface area contributed by atoms with Gasteiger partial charge in [-0.3, -0.25) is 9.36 Å². The summed E-state index contributed by atoms with van der Waals surface area (Å²) in [5.41, 5.74) is 0.217. The summed E-state index contributed by atoms with van der Waals surface area (Å²) in [6, 6.07) is 0. The summed E-state index contributed by atoms with van der Waals surface area (Å²) in [6.45, 7) is -0.685. The maximum Gasteiger partial charge on any atom is 0.256 e. The molecule has 4 rings (SSSR count). The van der Waals surface area contributed by atoms with E-state index >= 15 is 0 Å². The molecule has 1 unspecified atom stereocenters. The number of amides is 1. The second-order valence-electron chi connectivity index (χ2n) is 6.36. The van der Waals surface area contributed by atoms with Gasteiger partial charge in [-0.05, 0) is 0 Å². The molecule has 1 amide bonds. The average Bonchev–Trinajstić information content (AvgIpc) is 3.46. The van der Waals surface area contributed by atoms with Gasteiger partial charge in [0.1, 0.15) is 12.2 Å². The zero-order chi connectivity index (χ0) is 21.4. The molecule has 0 saturated carbocycles. The lowest BCUT2D eigenvalue weighted by atomic mass is 10.1. The molecule has 160 valence electrons. The number of anilines is 1. The Balaban J connectivity index is 1.79. The molecule has 4 atom stereocenters. The van der Waals surface area contributed by atoms with Gasteiger partial charge >= 0.3 is 0 Å². The van der Waals surface area contributed by atoms with Crippen LogP contribution in [0.3, 0.4) is 0 Å². The standard InChI is InChI=1S/C15H17F2N9O4/c1-18-13(29)10-8(27)9(28)14(30-10)25-5-20-7-11(19-4-6(16)17)22-15(23-12(7)25)26-3-2-21-24-26/h2-3,5-6,8-10,14,27-28H,4H2,1H3,(H,18,29)(H,19,22,23)/t8-,9+,10?,14+/m0/s1. The maximum atomic E-state index is 12.7. The number of ether oxygens (including phenoxy) is 1. The number of carbonyl (C=O) groups excluding carboxylic acids is 1. The lowest BCUT2D eigenvalue weighted by Gasteiger charge is -2.17. The first-order valence-electron chi connectivity index (χ1n) is 8.77. The van der Waals surface area contributed by atoms with Gasteiger partial charge in [-0.25, -0.2) is 13.8 Å². The Morgan fingerprint density at radius 3 is 2.80 bits per heavy atom. The van der Waals surface area contributed by atoms with E-state index in [0.29, 0.717) is 0 Å². The fourth-order valence-electron chi connectivity index (χ4n) is 3.05. The number of halogens is 2. The minimum atomic E-state index is -2.64. The fourth-order valence-corrected chi connectivity index (χ4v) is 3.05. The van der Waals surface area contributed by atoms with Crippen molar-refractivity contribution in [3.8, 4) is 5.95 Å². The second-order valence-corrected chi connectivity index (χ2v) is 6.36. The van der Waals surface area contributed by atoms with Crippen molar-refractivity contribution in [1.82, 2.24) is 39.8 Å². The number of likely N-dealkylation sites (N-methyl/N-ethyl adjacent to an activating group) is 1. The van der Waals surface area contributed by atoms with Crippen LogP contribution in [0.4, 0.5) is 14.6 Å². The third-order valence-electron chi connectivity index (χ3n) is 4.48. The number of rotatable bonds is 6. The van der Waals surface area contributed by atoms with Crippen LogP contribution in [0.2, 0.25) is 0 Å². The van der Waals surface area contributed by atoms with Crippen LogP contribution in [0.25, 0.3) is 17.1 Å². The predicted molar refractivity (Wildman–Crippen MR) is 94.7 cm³/mol. The lowest BCUT2D eigenvalue weighted by Crippen LogP contribution is -2.41. The van der Waals surface area contributed by atoms with E-state index in [4.69, 9.17) is 4.74 Å². The molecule has 0 aromatic carbocycles. The molecular formula is C15H17F2N9O4. The molecule has 0 spiro atoms. The summed E-state index contributed by atoms with van der Waals surface area (Å²) in [6.07, 6.45) is -4.08. The van der Waals surface area contributed by atoms with Crippen LogP contribution in [0.15, 0.2) is 18.7 Å². The number of aliphatic hydroxyl groups is 2. The molecule has 4 N–H and O–H groups in total. The van der Waals surface area contributed by atoms with Gasteiger partial charge in [0, 0.05) is 7.05 Å². The molecule has 4 heterocycles. The summed E-state index contributed by atoms with van der Waals surface area (Å²) in [5.74, 6) is -0.625. The Bertz CT molecular complexity index is 1040. The number of nitrogens with zero attached hydrogens (tertiary/aromatic N) is 7. The first-order valence-corrected chi connectivity index (χ1v) is 8.77. The molecule has 0 aliphatic carbocycles. The van der Waals surface area contributed by atoms with Crippen LogP contribution in [0, 0.1) is 0 Å². The van der Waals surface area contributed by atoms with Crippen molar-refractivity contribution in [1.29, 1.82) is 0 Å². The third-order valence-corrected chi connectivity index (χ3v) is 4.48. The van der Waals surface area contributed by atoms with Gasteiger partial charge in [-0.1, -0.05) is 5.21 Å². The monoisotopic (exact) mass is 425 g/mol. The van der Waals surface area contributed by atoms with Gasteiger partial charge in [-0.2, -0.15) is 14.6 Å². The smallest absolute Gasteiger partial charge is 0.256 e. The highest BCUT2D eigenvalue weighted by atomic mass is 19.3. The van der Waals surface area contributed by atoms with Gasteiger partial charge in [0.25, 0.3) is 18.3 Å². The van der Waals surface area contributed by atoms with E-state index in [1.165, 1.54) is 35.0 Å². The number of alkyl halides is 2. The Kier molecular flexibility index (Phi) is 5.23. The number of carbonyl (C=O) groups is 1. The van der Waals surface area contributed by atoms with Gasteiger partial charge in [0.05, 0.1) is 25.3 Å². The molecule has 0 bridgehead atoms. The zero-order valence-corrected chi connectivity index (χ0v) is 15.4. The summed E-state index contributed by atoms with van der Waals surface area (Å²) in [4.78, 5) is 24.5. The Hall–Kier alpha value is -3.30. The van der Waals surface area contributed by atoms with E-state index in [1.807, 2.05) is 0 Å². The summed E-state index contributed by atoms with van der Waals surface area (Å²) in [5, 5.41) is 32.9. The van der Waals surface area contributed by atoms with Crippen molar-refractivity contribution in [2.75, 3.05) is 18.9 Å². The number of hydrogen-bond donors (Lipinski definition) is 4. The van der Waals surface area contributed by atoms with E-state index in [1.54, 1.807) is 0 Å². The topological polar surface area (TPSA) is 165 Å². The van der Waals surface area contributed by atoms with E-state index in [2.05, 4.69) is 35.9 Å². The SMILES string of the molecule is CNC(=O)C1O[C@@H](n2cnc3c(NCC(F)F)nc(-n4ccnn4)nc32)[C@H](O)[C@@H]1O. The molecular weight excluding hydrogens is 408 g/mol. The minimum Gasteiger partial charge on any atom is -0.387 e. The Labute approximate surface area is 166 Å². The number of aromatic nitrogens is 7. The molecule has 3 aromatic heterocycles. The van der Waals surface area contributed by atoms with E-state index in [0.717, 1.165) is 0 Å². The summed E-state index contributed by atoms with van der Waals surface area (Å²) in [7, 11) is 1.36. The predicted octanol–water partition coefficient (Wildman–Crippen LogP) is -1.55. The molecule has 13 nitrogen and oxygen atoms in total. The second kappa shape index (κ2) is 7.85. The number of fused-ring (bicyclic) bond motifs is 1. The molecule has 1 aliphatic heterocycles. The summed E-state index contributed by atoms with van der Waals surface area (Å²) >= 11 is 0. The van der Waals surface area contributed by atoms with Crippen molar-refractivity contribution in [2.24, 2.45) is 0 Å². The van der Waals surface area contributed by atoms with Crippen molar-refractivity contribution in [3.63, 3.8) is 0 Å². The highest BCUT2D eigenvalue weighted by Crippen LogP contribution is 2.32. The number of hydrogen-bond acceptors (Lipinski definition) is 10. The minimum absolute atomic E-state index is 0.000404. The third kappa shape index (κ3) is 3.42. The molecule has 1 saturated heterocycles. The van der Waals surface area contributed by atoms with Crippen molar-refractivity contribution >= 4 is 22.9 Å². The van der Waals surface area contributed by atoms with Crippen molar-refractivity contribution in [2.45, 2.75) is 31.0 Å². The number of nitrogens with one attached hydrogen (secondary N) is 2. The molecule has 30 heavy (non-hydrogen) atoms. The largest absolute Gasteiger partial charge is 0.387 e. The van der Waals surface area contributed by atoms with Crippen molar-refractivity contribution in [3.05, 3.63) is 18.7 Å². The van der Waals surface area contributed by atoms with Crippen LogP contribution in [0.5, 0.6) is 0 Å². The number of imidazole rings is 1. The molecule has 1 aliphatic rings.